The summed E-state index contributed by atoms with van der Waals surface area (Å²) in [6, 6.07) is 7.67. The lowest BCUT2D eigenvalue weighted by atomic mass is 9.94. The number of hydrogen-bond acceptors (Lipinski definition) is 2. The highest BCUT2D eigenvalue weighted by atomic mass is 16.2. The summed E-state index contributed by atoms with van der Waals surface area (Å²) in [6.07, 6.45) is 0. The first-order chi connectivity index (χ1) is 7.36. The van der Waals surface area contributed by atoms with Crippen molar-refractivity contribution < 1.29 is 4.79 Å². The molecular weight excluding hydrogens is 200 g/mol. The van der Waals surface area contributed by atoms with Crippen LogP contribution in [0.1, 0.15) is 25.0 Å². The zero-order chi connectivity index (χ0) is 12.3. The van der Waals surface area contributed by atoms with Crippen molar-refractivity contribution in [1.29, 1.82) is 5.26 Å². The summed E-state index contributed by atoms with van der Waals surface area (Å²) in [5, 5.41) is 11.6. The van der Waals surface area contributed by atoms with Gasteiger partial charge < -0.3 is 5.32 Å². The molecule has 0 aliphatic carbocycles. The highest BCUT2D eigenvalue weighted by Crippen LogP contribution is 2.19. The van der Waals surface area contributed by atoms with E-state index in [-0.39, 0.29) is 5.91 Å². The first-order valence-corrected chi connectivity index (χ1v) is 5.17. The van der Waals surface area contributed by atoms with Crippen LogP contribution in [0.4, 0.5) is 5.69 Å². The second-order valence-corrected chi connectivity index (χ2v) is 4.49. The van der Waals surface area contributed by atoms with E-state index in [1.807, 2.05) is 38.1 Å². The van der Waals surface area contributed by atoms with Crippen molar-refractivity contribution in [1.82, 2.24) is 0 Å². The van der Waals surface area contributed by atoms with E-state index in [2.05, 4.69) is 5.32 Å². The number of nitriles is 1. The van der Waals surface area contributed by atoms with Gasteiger partial charge in [0.1, 0.15) is 5.41 Å². The lowest BCUT2D eigenvalue weighted by Gasteiger charge is -2.15. The van der Waals surface area contributed by atoms with Crippen LogP contribution in [0.3, 0.4) is 0 Å². The lowest BCUT2D eigenvalue weighted by molar-refractivity contribution is -0.121. The average Bonchev–Trinajstić information content (AvgIpc) is 2.23. The average molecular weight is 216 g/mol. The highest BCUT2D eigenvalue weighted by Gasteiger charge is 2.27. The molecule has 1 N–H and O–H groups in total. The number of nitrogens with one attached hydrogen (secondary N) is 1. The van der Waals surface area contributed by atoms with Crippen LogP contribution < -0.4 is 5.32 Å². The van der Waals surface area contributed by atoms with Crippen LogP contribution in [0.5, 0.6) is 0 Å². The molecule has 0 saturated carbocycles. The molecule has 0 bridgehead atoms. The van der Waals surface area contributed by atoms with Gasteiger partial charge in [0, 0.05) is 5.69 Å². The SMILES string of the molecule is Cc1ccc(NC(=O)C(C)(C)C#N)cc1C. The van der Waals surface area contributed by atoms with Gasteiger partial charge in [0.2, 0.25) is 5.91 Å². The molecule has 84 valence electrons. The van der Waals surface area contributed by atoms with E-state index in [0.717, 1.165) is 11.3 Å². The molecule has 0 unspecified atom stereocenters. The second-order valence-electron chi connectivity index (χ2n) is 4.49. The minimum Gasteiger partial charge on any atom is -0.325 e. The Morgan fingerprint density at radius 2 is 1.94 bits per heavy atom. The third-order valence-corrected chi connectivity index (χ3v) is 2.61. The molecule has 0 radical (unpaired) electrons. The van der Waals surface area contributed by atoms with Crippen LogP contribution in [-0.2, 0) is 4.79 Å². The zero-order valence-corrected chi connectivity index (χ0v) is 10.1. The molecule has 1 amide bonds. The minimum atomic E-state index is -1.00. The normalized spacial score (nSPS) is 10.7. The topological polar surface area (TPSA) is 52.9 Å². The first-order valence-electron chi connectivity index (χ1n) is 5.17. The number of benzene rings is 1. The smallest absolute Gasteiger partial charge is 0.244 e. The van der Waals surface area contributed by atoms with Gasteiger partial charge in [-0.05, 0) is 51.0 Å². The maximum Gasteiger partial charge on any atom is 0.244 e. The van der Waals surface area contributed by atoms with Crippen molar-refractivity contribution >= 4 is 11.6 Å². The van der Waals surface area contributed by atoms with Gasteiger partial charge in [0.05, 0.1) is 6.07 Å². The van der Waals surface area contributed by atoms with Gasteiger partial charge in [-0.2, -0.15) is 5.26 Å². The van der Waals surface area contributed by atoms with Crippen molar-refractivity contribution in [3.05, 3.63) is 29.3 Å². The van der Waals surface area contributed by atoms with E-state index < -0.39 is 5.41 Å². The van der Waals surface area contributed by atoms with Crippen LogP contribution in [0.15, 0.2) is 18.2 Å². The number of carbonyl (C=O) groups is 1. The van der Waals surface area contributed by atoms with E-state index in [1.54, 1.807) is 13.8 Å². The Labute approximate surface area is 96.1 Å². The molecule has 0 aliphatic heterocycles. The summed E-state index contributed by atoms with van der Waals surface area (Å²) >= 11 is 0. The van der Waals surface area contributed by atoms with Crippen molar-refractivity contribution in [2.45, 2.75) is 27.7 Å². The van der Waals surface area contributed by atoms with Crippen LogP contribution in [-0.4, -0.2) is 5.91 Å². The zero-order valence-electron chi connectivity index (χ0n) is 10.1. The monoisotopic (exact) mass is 216 g/mol. The van der Waals surface area contributed by atoms with E-state index in [9.17, 15) is 4.79 Å². The highest BCUT2D eigenvalue weighted by molar-refractivity contribution is 5.96. The van der Waals surface area contributed by atoms with Crippen LogP contribution in [0, 0.1) is 30.6 Å². The Morgan fingerprint density at radius 1 is 1.31 bits per heavy atom. The molecule has 0 aromatic heterocycles. The van der Waals surface area contributed by atoms with Gasteiger partial charge in [-0.25, -0.2) is 0 Å². The van der Waals surface area contributed by atoms with Gasteiger partial charge in [-0.3, -0.25) is 4.79 Å². The molecule has 0 heterocycles. The number of anilines is 1. The van der Waals surface area contributed by atoms with E-state index in [1.165, 1.54) is 5.56 Å². The number of nitrogens with zero attached hydrogens (tertiary/aromatic N) is 1. The maximum absolute atomic E-state index is 11.7. The maximum atomic E-state index is 11.7. The summed E-state index contributed by atoms with van der Waals surface area (Å²) in [4.78, 5) is 11.7. The predicted molar refractivity (Wildman–Crippen MR) is 63.9 cm³/mol. The van der Waals surface area contributed by atoms with E-state index in [0.29, 0.717) is 0 Å². The third-order valence-electron chi connectivity index (χ3n) is 2.61. The van der Waals surface area contributed by atoms with Gasteiger partial charge in [0.15, 0.2) is 0 Å². The Hall–Kier alpha value is -1.82. The Kier molecular flexibility index (Phi) is 3.34. The van der Waals surface area contributed by atoms with Gasteiger partial charge in [-0.15, -0.1) is 0 Å². The molecule has 1 aromatic carbocycles. The number of hydrogen-bond donors (Lipinski definition) is 1. The molecule has 0 fully saturated rings. The third kappa shape index (κ3) is 2.60. The lowest BCUT2D eigenvalue weighted by Crippen LogP contribution is -2.29. The van der Waals surface area contributed by atoms with Crippen LogP contribution >= 0.6 is 0 Å². The number of carbonyl (C=O) groups excluding carboxylic acids is 1. The fourth-order valence-electron chi connectivity index (χ4n) is 1.16. The number of rotatable bonds is 2. The summed E-state index contributed by atoms with van der Waals surface area (Å²) in [5.74, 6) is -0.279. The molecule has 3 nitrogen and oxygen atoms in total. The van der Waals surface area contributed by atoms with Crippen LogP contribution in [0.25, 0.3) is 0 Å². The van der Waals surface area contributed by atoms with E-state index in [4.69, 9.17) is 5.26 Å². The molecule has 0 saturated heterocycles. The van der Waals surface area contributed by atoms with Gasteiger partial charge in [0.25, 0.3) is 0 Å². The summed E-state index contributed by atoms with van der Waals surface area (Å²) < 4.78 is 0. The van der Waals surface area contributed by atoms with E-state index >= 15 is 0 Å². The molecule has 0 aliphatic rings. The predicted octanol–water partition coefficient (Wildman–Crippen LogP) is 2.79. The van der Waals surface area contributed by atoms with Crippen molar-refractivity contribution in [2.24, 2.45) is 5.41 Å². The number of amides is 1. The Balaban J connectivity index is 2.87. The summed E-state index contributed by atoms with van der Waals surface area (Å²) in [5.41, 5.74) is 2.03. The molecule has 1 aromatic rings. The van der Waals surface area contributed by atoms with Gasteiger partial charge >= 0.3 is 0 Å². The van der Waals surface area contributed by atoms with Gasteiger partial charge in [-0.1, -0.05) is 6.07 Å². The van der Waals surface area contributed by atoms with Crippen molar-refractivity contribution in [3.63, 3.8) is 0 Å². The molecule has 16 heavy (non-hydrogen) atoms. The van der Waals surface area contributed by atoms with Crippen LogP contribution in [0.2, 0.25) is 0 Å². The molecule has 3 heteroatoms. The standard InChI is InChI=1S/C13H16N2O/c1-9-5-6-11(7-10(9)2)15-12(16)13(3,4)8-14/h5-7H,1-4H3,(H,15,16). The van der Waals surface area contributed by atoms with Crippen molar-refractivity contribution in [3.8, 4) is 6.07 Å². The second kappa shape index (κ2) is 4.36. The molecule has 0 atom stereocenters. The molecule has 0 spiro atoms. The fraction of sp³-hybridized carbons (Fsp3) is 0.385. The minimum absolute atomic E-state index is 0.279. The quantitative estimate of drug-likeness (QED) is 0.826. The van der Waals surface area contributed by atoms with Crippen molar-refractivity contribution in [2.75, 3.05) is 5.32 Å². The number of aryl methyl sites for hydroxylation is 2. The summed E-state index contributed by atoms with van der Waals surface area (Å²) in [6.45, 7) is 7.20. The Morgan fingerprint density at radius 3 is 2.44 bits per heavy atom. The first kappa shape index (κ1) is 12.3. The molecular formula is C13H16N2O. The fourth-order valence-corrected chi connectivity index (χ4v) is 1.16. The Bertz CT molecular complexity index is 455. The largest absolute Gasteiger partial charge is 0.325 e. The molecule has 1 rings (SSSR count). The summed E-state index contributed by atoms with van der Waals surface area (Å²) in [7, 11) is 0.